The SMILES string of the molecule is Cc1ncc(Cn2nnc(C(=O)N/N=C/c3ccc([N+](=O)[O-])cc3)c2C)c(N)n1. The number of benzene rings is 1. The van der Waals surface area contributed by atoms with Crippen LogP contribution in [0.25, 0.3) is 0 Å². The van der Waals surface area contributed by atoms with Gasteiger partial charge in [0.2, 0.25) is 0 Å². The summed E-state index contributed by atoms with van der Waals surface area (Å²) >= 11 is 0. The normalized spacial score (nSPS) is 11.0. The van der Waals surface area contributed by atoms with E-state index in [1.54, 1.807) is 20.0 Å². The van der Waals surface area contributed by atoms with Gasteiger partial charge in [-0.1, -0.05) is 5.21 Å². The van der Waals surface area contributed by atoms with Gasteiger partial charge in [-0.15, -0.1) is 5.10 Å². The molecule has 2 heterocycles. The molecule has 3 N–H and O–H groups in total. The summed E-state index contributed by atoms with van der Waals surface area (Å²) in [6, 6.07) is 5.73. The minimum atomic E-state index is -0.542. The number of carbonyl (C=O) groups is 1. The monoisotopic (exact) mass is 395 g/mol. The number of nitrogens with zero attached hydrogens (tertiary/aromatic N) is 7. The maximum atomic E-state index is 12.3. The Labute approximate surface area is 164 Å². The van der Waals surface area contributed by atoms with Crippen LogP contribution in [0.5, 0.6) is 0 Å². The lowest BCUT2D eigenvalue weighted by Crippen LogP contribution is -2.19. The Bertz CT molecular complexity index is 1090. The van der Waals surface area contributed by atoms with Gasteiger partial charge < -0.3 is 5.73 Å². The highest BCUT2D eigenvalue weighted by molar-refractivity contribution is 5.93. The Morgan fingerprint density at radius 2 is 2.07 bits per heavy atom. The Balaban J connectivity index is 1.66. The number of nitro groups is 1. The van der Waals surface area contributed by atoms with Crippen molar-refractivity contribution in [3.63, 3.8) is 0 Å². The molecule has 0 spiro atoms. The third kappa shape index (κ3) is 4.55. The van der Waals surface area contributed by atoms with Gasteiger partial charge in [0.25, 0.3) is 11.6 Å². The third-order valence-electron chi connectivity index (χ3n) is 4.02. The smallest absolute Gasteiger partial charge is 0.293 e. The molecule has 0 saturated heterocycles. The molecular weight excluding hydrogens is 378 g/mol. The number of amides is 1. The van der Waals surface area contributed by atoms with Crippen molar-refractivity contribution in [3.05, 3.63) is 68.9 Å². The highest BCUT2D eigenvalue weighted by Gasteiger charge is 2.17. The van der Waals surface area contributed by atoms with E-state index in [0.29, 0.717) is 28.5 Å². The molecule has 0 saturated carbocycles. The zero-order valence-corrected chi connectivity index (χ0v) is 15.6. The lowest BCUT2D eigenvalue weighted by atomic mass is 10.2. The van der Waals surface area contributed by atoms with E-state index in [2.05, 4.69) is 30.8 Å². The van der Waals surface area contributed by atoms with E-state index in [4.69, 9.17) is 5.73 Å². The van der Waals surface area contributed by atoms with Crippen LogP contribution < -0.4 is 11.2 Å². The molecule has 0 aliphatic rings. The fourth-order valence-electron chi connectivity index (χ4n) is 2.42. The van der Waals surface area contributed by atoms with Crippen LogP contribution in [0.1, 0.15) is 33.1 Å². The first kappa shape index (κ1) is 19.5. The summed E-state index contributed by atoms with van der Waals surface area (Å²) in [6.45, 7) is 3.70. The molecule has 0 aliphatic carbocycles. The number of nitrogens with one attached hydrogen (secondary N) is 1. The van der Waals surface area contributed by atoms with E-state index >= 15 is 0 Å². The number of carbonyl (C=O) groups excluding carboxylic acids is 1. The number of nitro benzene ring substituents is 1. The van der Waals surface area contributed by atoms with Crippen molar-refractivity contribution in [1.29, 1.82) is 0 Å². The third-order valence-corrected chi connectivity index (χ3v) is 4.02. The minimum Gasteiger partial charge on any atom is -0.383 e. The second-order valence-electron chi connectivity index (χ2n) is 6.06. The molecular formula is C17H17N9O3. The molecule has 1 aromatic carbocycles. The maximum absolute atomic E-state index is 12.3. The standard InChI is InChI=1S/C17H17N9O3/c1-10-15(22-24-25(10)9-13-8-19-11(2)21-16(13)18)17(27)23-20-7-12-3-5-14(6-4-12)26(28)29/h3-8H,9H2,1-2H3,(H,23,27)(H2,18,19,21)/b20-7+. The van der Waals surface area contributed by atoms with Crippen molar-refractivity contribution in [1.82, 2.24) is 30.4 Å². The van der Waals surface area contributed by atoms with Crippen molar-refractivity contribution in [3.8, 4) is 0 Å². The number of nitrogen functional groups attached to an aromatic ring is 1. The van der Waals surface area contributed by atoms with E-state index in [-0.39, 0.29) is 17.9 Å². The highest BCUT2D eigenvalue weighted by Crippen LogP contribution is 2.12. The van der Waals surface area contributed by atoms with E-state index in [1.165, 1.54) is 35.2 Å². The van der Waals surface area contributed by atoms with Crippen LogP contribution in [0.3, 0.4) is 0 Å². The van der Waals surface area contributed by atoms with Gasteiger partial charge in [0.05, 0.1) is 23.4 Å². The molecule has 3 rings (SSSR count). The minimum absolute atomic E-state index is 0.0296. The fraction of sp³-hybridized carbons (Fsp3) is 0.176. The molecule has 0 atom stereocenters. The summed E-state index contributed by atoms with van der Waals surface area (Å²) in [6.07, 6.45) is 2.97. The summed E-state index contributed by atoms with van der Waals surface area (Å²) in [5.41, 5.74) is 10.1. The van der Waals surface area contributed by atoms with Crippen LogP contribution in [-0.2, 0) is 6.54 Å². The Morgan fingerprint density at radius 1 is 1.34 bits per heavy atom. The fourth-order valence-corrected chi connectivity index (χ4v) is 2.42. The quantitative estimate of drug-likeness (QED) is 0.354. The molecule has 0 radical (unpaired) electrons. The molecule has 148 valence electrons. The van der Waals surface area contributed by atoms with Crippen molar-refractivity contribution in [2.75, 3.05) is 5.73 Å². The number of non-ortho nitro benzene ring substituents is 1. The molecule has 12 nitrogen and oxygen atoms in total. The molecule has 3 aromatic rings. The van der Waals surface area contributed by atoms with Gasteiger partial charge in [0, 0.05) is 23.9 Å². The second kappa shape index (κ2) is 8.21. The largest absolute Gasteiger partial charge is 0.383 e. The summed E-state index contributed by atoms with van der Waals surface area (Å²) in [4.78, 5) is 30.6. The van der Waals surface area contributed by atoms with Gasteiger partial charge in [-0.3, -0.25) is 14.9 Å². The zero-order valence-electron chi connectivity index (χ0n) is 15.6. The first-order chi connectivity index (χ1) is 13.8. The van der Waals surface area contributed by atoms with Gasteiger partial charge in [-0.25, -0.2) is 20.1 Å². The zero-order chi connectivity index (χ0) is 21.0. The first-order valence-corrected chi connectivity index (χ1v) is 8.41. The number of aromatic nitrogens is 5. The molecule has 29 heavy (non-hydrogen) atoms. The topological polar surface area (TPSA) is 167 Å². The van der Waals surface area contributed by atoms with Crippen LogP contribution in [0.2, 0.25) is 0 Å². The van der Waals surface area contributed by atoms with Gasteiger partial charge in [-0.2, -0.15) is 5.10 Å². The number of hydrazone groups is 1. The van der Waals surface area contributed by atoms with Crippen LogP contribution >= 0.6 is 0 Å². The van der Waals surface area contributed by atoms with Crippen LogP contribution in [0.15, 0.2) is 35.6 Å². The number of rotatable bonds is 6. The van der Waals surface area contributed by atoms with E-state index in [0.717, 1.165) is 0 Å². The summed E-state index contributed by atoms with van der Waals surface area (Å²) < 4.78 is 1.51. The summed E-state index contributed by atoms with van der Waals surface area (Å²) in [7, 11) is 0. The van der Waals surface area contributed by atoms with Gasteiger partial charge in [-0.05, 0) is 31.5 Å². The molecule has 0 fully saturated rings. The number of aryl methyl sites for hydroxylation is 1. The maximum Gasteiger partial charge on any atom is 0.293 e. The van der Waals surface area contributed by atoms with E-state index in [1.807, 2.05) is 0 Å². The van der Waals surface area contributed by atoms with Gasteiger partial charge in [0.15, 0.2) is 5.69 Å². The molecule has 0 unspecified atom stereocenters. The highest BCUT2D eigenvalue weighted by atomic mass is 16.6. The predicted molar refractivity (Wildman–Crippen MR) is 103 cm³/mol. The number of anilines is 1. The molecule has 2 aromatic heterocycles. The molecule has 0 aliphatic heterocycles. The lowest BCUT2D eigenvalue weighted by Gasteiger charge is -2.06. The van der Waals surface area contributed by atoms with Gasteiger partial charge in [0.1, 0.15) is 11.6 Å². The molecule has 12 heteroatoms. The number of nitrogens with two attached hydrogens (primary N) is 1. The van der Waals surface area contributed by atoms with Crippen molar-refractivity contribution in [2.24, 2.45) is 5.10 Å². The average molecular weight is 395 g/mol. The van der Waals surface area contributed by atoms with Crippen molar-refractivity contribution >= 4 is 23.6 Å². The van der Waals surface area contributed by atoms with E-state index < -0.39 is 10.8 Å². The average Bonchev–Trinajstić information content (AvgIpc) is 3.05. The van der Waals surface area contributed by atoms with Crippen LogP contribution in [0.4, 0.5) is 11.5 Å². The van der Waals surface area contributed by atoms with Gasteiger partial charge >= 0.3 is 0 Å². The Kier molecular flexibility index (Phi) is 5.53. The van der Waals surface area contributed by atoms with Crippen LogP contribution in [0, 0.1) is 24.0 Å². The van der Waals surface area contributed by atoms with Crippen molar-refractivity contribution < 1.29 is 9.72 Å². The van der Waals surface area contributed by atoms with Crippen molar-refractivity contribution in [2.45, 2.75) is 20.4 Å². The number of hydrogen-bond donors (Lipinski definition) is 2. The Hall–Kier alpha value is -4.22. The molecule has 1 amide bonds. The van der Waals surface area contributed by atoms with E-state index in [9.17, 15) is 14.9 Å². The predicted octanol–water partition coefficient (Wildman–Crippen LogP) is 0.988. The lowest BCUT2D eigenvalue weighted by molar-refractivity contribution is -0.384. The summed E-state index contributed by atoms with van der Waals surface area (Å²) in [5.74, 6) is 0.360. The first-order valence-electron chi connectivity index (χ1n) is 8.41. The number of hydrogen-bond acceptors (Lipinski definition) is 9. The Morgan fingerprint density at radius 3 is 2.72 bits per heavy atom. The van der Waals surface area contributed by atoms with Crippen LogP contribution in [-0.4, -0.2) is 42.0 Å². The molecule has 0 bridgehead atoms. The summed E-state index contributed by atoms with van der Waals surface area (Å²) in [5, 5.41) is 22.3. The second-order valence-corrected chi connectivity index (χ2v) is 6.06.